The maximum absolute atomic E-state index is 12.0. The largest absolute Gasteiger partial charge is 0.481 e. The molecule has 0 radical (unpaired) electrons. The average Bonchev–Trinajstić information content (AvgIpc) is 2.54. The van der Waals surface area contributed by atoms with Gasteiger partial charge in [-0.3, -0.25) is 4.79 Å². The van der Waals surface area contributed by atoms with Crippen molar-refractivity contribution in [2.24, 2.45) is 5.73 Å². The minimum Gasteiger partial charge on any atom is -0.481 e. The van der Waals surface area contributed by atoms with E-state index in [4.69, 9.17) is 10.5 Å². The summed E-state index contributed by atoms with van der Waals surface area (Å²) in [6, 6.07) is 1.07. The lowest BCUT2D eigenvalue weighted by Gasteiger charge is -2.34. The Morgan fingerprint density at radius 2 is 2.09 bits per heavy atom. The number of nitrogens with zero attached hydrogens (tertiary/aromatic N) is 4. The van der Waals surface area contributed by atoms with Crippen molar-refractivity contribution in [2.75, 3.05) is 44.7 Å². The molecule has 9 nitrogen and oxygen atoms in total. The number of primary amides is 1. The molecule has 1 aromatic rings. The molecule has 0 unspecified atom stereocenters. The fourth-order valence-corrected chi connectivity index (χ4v) is 2.21. The molecule has 3 amide bonds. The highest BCUT2D eigenvalue weighted by atomic mass is 16.5. The van der Waals surface area contributed by atoms with Crippen LogP contribution in [0.4, 0.5) is 10.7 Å². The summed E-state index contributed by atoms with van der Waals surface area (Å²) >= 11 is 0. The van der Waals surface area contributed by atoms with E-state index in [1.807, 2.05) is 4.90 Å². The summed E-state index contributed by atoms with van der Waals surface area (Å²) in [5, 5.41) is 2.41. The van der Waals surface area contributed by atoms with E-state index < -0.39 is 6.03 Å². The number of anilines is 1. The lowest BCUT2D eigenvalue weighted by atomic mass is 10.3. The Kier molecular flexibility index (Phi) is 5.34. The van der Waals surface area contributed by atoms with Crippen LogP contribution in [0.3, 0.4) is 0 Å². The van der Waals surface area contributed by atoms with Gasteiger partial charge in [0.15, 0.2) is 0 Å². The molecule has 1 aromatic heterocycles. The Bertz CT molecular complexity index is 530. The quantitative estimate of drug-likeness (QED) is 0.735. The van der Waals surface area contributed by atoms with Crippen LogP contribution in [-0.2, 0) is 4.79 Å². The van der Waals surface area contributed by atoms with Crippen molar-refractivity contribution in [1.82, 2.24) is 20.2 Å². The molecule has 2 rings (SSSR count). The van der Waals surface area contributed by atoms with E-state index in [9.17, 15) is 9.59 Å². The highest BCUT2D eigenvalue weighted by Gasteiger charge is 2.22. The van der Waals surface area contributed by atoms with Gasteiger partial charge >= 0.3 is 6.03 Å². The van der Waals surface area contributed by atoms with Crippen molar-refractivity contribution >= 4 is 17.9 Å². The number of hydrogen-bond donors (Lipinski definition) is 2. The molecule has 0 aliphatic carbocycles. The first kappa shape index (κ1) is 15.8. The highest BCUT2D eigenvalue weighted by molar-refractivity contribution is 5.78. The lowest BCUT2D eigenvalue weighted by molar-refractivity contribution is -0.131. The number of hydrogen-bond acceptors (Lipinski definition) is 6. The standard InChI is InChI=1S/C13H20N6O3/c1-22-10-2-4-16-13(17-10)19-8-6-18(7-9-19)11(20)3-5-15-12(14)21/h2,4H,3,5-9H2,1H3,(H3,14,15,21). The Hall–Kier alpha value is -2.58. The van der Waals surface area contributed by atoms with Crippen LogP contribution in [0.25, 0.3) is 0 Å². The minimum atomic E-state index is -0.618. The second kappa shape index (κ2) is 7.43. The van der Waals surface area contributed by atoms with Crippen molar-refractivity contribution in [3.8, 4) is 5.88 Å². The third kappa shape index (κ3) is 4.21. The van der Waals surface area contributed by atoms with Gasteiger partial charge in [-0.2, -0.15) is 4.98 Å². The third-order valence-corrected chi connectivity index (χ3v) is 3.38. The zero-order chi connectivity index (χ0) is 15.9. The predicted octanol–water partition coefficient (Wildman–Crippen LogP) is -0.808. The van der Waals surface area contributed by atoms with Gasteiger partial charge in [0.25, 0.3) is 0 Å². The van der Waals surface area contributed by atoms with Crippen LogP contribution in [0.1, 0.15) is 6.42 Å². The summed E-state index contributed by atoms with van der Waals surface area (Å²) in [6.07, 6.45) is 1.90. The predicted molar refractivity (Wildman–Crippen MR) is 79.6 cm³/mol. The molecule has 1 aliphatic heterocycles. The van der Waals surface area contributed by atoms with Crippen molar-refractivity contribution in [2.45, 2.75) is 6.42 Å². The van der Waals surface area contributed by atoms with Crippen LogP contribution in [0.15, 0.2) is 12.3 Å². The first-order valence-electron chi connectivity index (χ1n) is 7.03. The van der Waals surface area contributed by atoms with Crippen LogP contribution in [-0.4, -0.2) is 66.6 Å². The van der Waals surface area contributed by atoms with Gasteiger partial charge in [0.1, 0.15) is 0 Å². The van der Waals surface area contributed by atoms with Crippen LogP contribution < -0.4 is 20.7 Å². The highest BCUT2D eigenvalue weighted by Crippen LogP contribution is 2.14. The van der Waals surface area contributed by atoms with Gasteiger partial charge < -0.3 is 25.6 Å². The normalized spacial score (nSPS) is 14.6. The van der Waals surface area contributed by atoms with Crippen LogP contribution in [0.2, 0.25) is 0 Å². The molecule has 0 atom stereocenters. The van der Waals surface area contributed by atoms with Gasteiger partial charge in [-0.15, -0.1) is 0 Å². The summed E-state index contributed by atoms with van der Waals surface area (Å²) in [6.45, 7) is 2.75. The molecule has 120 valence electrons. The van der Waals surface area contributed by atoms with Crippen molar-refractivity contribution in [3.05, 3.63) is 12.3 Å². The summed E-state index contributed by atoms with van der Waals surface area (Å²) in [5.41, 5.74) is 4.96. The van der Waals surface area contributed by atoms with E-state index >= 15 is 0 Å². The molecule has 0 spiro atoms. The number of amides is 3. The molecule has 2 heterocycles. The SMILES string of the molecule is COc1ccnc(N2CCN(C(=O)CCNC(N)=O)CC2)n1. The zero-order valence-electron chi connectivity index (χ0n) is 12.5. The number of urea groups is 1. The van der Waals surface area contributed by atoms with Gasteiger partial charge in [-0.25, -0.2) is 9.78 Å². The number of methoxy groups -OCH3 is 1. The smallest absolute Gasteiger partial charge is 0.312 e. The second-order valence-corrected chi connectivity index (χ2v) is 4.81. The molecule has 0 aromatic carbocycles. The Morgan fingerprint density at radius 3 is 2.73 bits per heavy atom. The number of ether oxygens (including phenoxy) is 1. The van der Waals surface area contributed by atoms with Gasteiger partial charge in [0.05, 0.1) is 7.11 Å². The number of nitrogens with one attached hydrogen (secondary N) is 1. The average molecular weight is 308 g/mol. The van der Waals surface area contributed by atoms with E-state index in [1.165, 1.54) is 0 Å². The molecular weight excluding hydrogens is 288 g/mol. The van der Waals surface area contributed by atoms with E-state index in [0.717, 1.165) is 0 Å². The topological polar surface area (TPSA) is 114 Å². The first-order valence-corrected chi connectivity index (χ1v) is 7.03. The van der Waals surface area contributed by atoms with Gasteiger partial charge in [0.2, 0.25) is 17.7 Å². The molecule has 1 saturated heterocycles. The molecule has 3 N–H and O–H groups in total. The fourth-order valence-electron chi connectivity index (χ4n) is 2.21. The summed E-state index contributed by atoms with van der Waals surface area (Å²) < 4.78 is 5.08. The molecule has 22 heavy (non-hydrogen) atoms. The minimum absolute atomic E-state index is 0.0000365. The Labute approximate surface area is 128 Å². The number of carbonyl (C=O) groups excluding carboxylic acids is 2. The number of rotatable bonds is 5. The molecule has 0 bridgehead atoms. The first-order chi connectivity index (χ1) is 10.6. The molecule has 1 aliphatic rings. The van der Waals surface area contributed by atoms with Gasteiger partial charge in [-0.1, -0.05) is 0 Å². The van der Waals surface area contributed by atoms with Gasteiger partial charge in [0, 0.05) is 51.4 Å². The molecule has 0 saturated carbocycles. The maximum Gasteiger partial charge on any atom is 0.312 e. The summed E-state index contributed by atoms with van der Waals surface area (Å²) in [4.78, 5) is 34.8. The number of piperazine rings is 1. The van der Waals surface area contributed by atoms with E-state index in [0.29, 0.717) is 38.0 Å². The fraction of sp³-hybridized carbons (Fsp3) is 0.538. The van der Waals surface area contributed by atoms with Crippen molar-refractivity contribution in [1.29, 1.82) is 0 Å². The molecule has 1 fully saturated rings. The third-order valence-electron chi connectivity index (χ3n) is 3.38. The van der Waals surface area contributed by atoms with Crippen molar-refractivity contribution in [3.63, 3.8) is 0 Å². The summed E-state index contributed by atoms with van der Waals surface area (Å²) in [7, 11) is 1.56. The number of aromatic nitrogens is 2. The van der Waals surface area contributed by atoms with Crippen LogP contribution in [0.5, 0.6) is 5.88 Å². The van der Waals surface area contributed by atoms with Crippen LogP contribution >= 0.6 is 0 Å². The van der Waals surface area contributed by atoms with Crippen LogP contribution in [0, 0.1) is 0 Å². The van der Waals surface area contributed by atoms with E-state index in [1.54, 1.807) is 24.3 Å². The second-order valence-electron chi connectivity index (χ2n) is 4.81. The maximum atomic E-state index is 12.0. The Balaban J connectivity index is 1.82. The Morgan fingerprint density at radius 1 is 1.36 bits per heavy atom. The van der Waals surface area contributed by atoms with E-state index in [2.05, 4.69) is 15.3 Å². The van der Waals surface area contributed by atoms with E-state index in [-0.39, 0.29) is 18.9 Å². The monoisotopic (exact) mass is 308 g/mol. The molecule has 9 heteroatoms. The number of carbonyl (C=O) groups is 2. The summed E-state index contributed by atoms with van der Waals surface area (Å²) in [5.74, 6) is 1.11. The molecular formula is C13H20N6O3. The number of nitrogens with two attached hydrogens (primary N) is 1. The van der Waals surface area contributed by atoms with Crippen molar-refractivity contribution < 1.29 is 14.3 Å². The lowest BCUT2D eigenvalue weighted by Crippen LogP contribution is -2.49. The van der Waals surface area contributed by atoms with Gasteiger partial charge in [-0.05, 0) is 0 Å². The zero-order valence-corrected chi connectivity index (χ0v) is 12.5.